The molecule has 10 heteroatoms. The molecule has 0 spiro atoms. The average molecular weight is 375 g/mol. The molecule has 0 aliphatic rings. The number of carbonyl (C=O) groups is 1. The summed E-state index contributed by atoms with van der Waals surface area (Å²) in [5.74, 6) is -0.603. The molecule has 0 radical (unpaired) electrons. The van der Waals surface area contributed by atoms with E-state index in [0.717, 1.165) is 0 Å². The van der Waals surface area contributed by atoms with Crippen molar-refractivity contribution in [3.63, 3.8) is 0 Å². The van der Waals surface area contributed by atoms with Crippen LogP contribution in [0.1, 0.15) is 24.2 Å². The van der Waals surface area contributed by atoms with Crippen molar-refractivity contribution in [2.45, 2.75) is 19.4 Å². The summed E-state index contributed by atoms with van der Waals surface area (Å²) < 4.78 is 4.87. The third-order valence-electron chi connectivity index (χ3n) is 3.98. The van der Waals surface area contributed by atoms with Gasteiger partial charge in [0, 0.05) is 19.2 Å². The third kappa shape index (κ3) is 4.42. The van der Waals surface area contributed by atoms with Crippen LogP contribution in [-0.4, -0.2) is 34.7 Å². The van der Waals surface area contributed by atoms with E-state index in [9.17, 15) is 20.0 Å². The van der Waals surface area contributed by atoms with E-state index in [1.165, 1.54) is 4.90 Å². The molecule has 144 valence electrons. The number of hydrogen-bond acceptors (Lipinski definition) is 8. The number of ether oxygens (including phenoxy) is 1. The Morgan fingerprint density at radius 3 is 2.56 bits per heavy atom. The van der Waals surface area contributed by atoms with Crippen molar-refractivity contribution < 1.29 is 19.6 Å². The molecule has 0 fully saturated rings. The summed E-state index contributed by atoms with van der Waals surface area (Å²) in [7, 11) is 1.57. The van der Waals surface area contributed by atoms with Gasteiger partial charge in [-0.1, -0.05) is 37.3 Å². The highest BCUT2D eigenvalue weighted by molar-refractivity contribution is 5.79. The smallest absolute Gasteiger partial charge is 0.391 e. The van der Waals surface area contributed by atoms with Gasteiger partial charge in [-0.15, -0.1) is 0 Å². The molecule has 1 atom stereocenters. The lowest BCUT2D eigenvalue weighted by Gasteiger charge is -2.25. The van der Waals surface area contributed by atoms with E-state index in [2.05, 4.69) is 4.98 Å². The van der Waals surface area contributed by atoms with E-state index in [-0.39, 0.29) is 30.1 Å². The van der Waals surface area contributed by atoms with Gasteiger partial charge in [0.25, 0.3) is 0 Å². The number of primary amides is 1. The fraction of sp³-hybridized carbons (Fsp3) is 0.294. The Balaban J connectivity index is 2.52. The quantitative estimate of drug-likeness (QED) is 0.488. The summed E-state index contributed by atoms with van der Waals surface area (Å²) in [6.07, 6.45) is -1.75. The van der Waals surface area contributed by atoms with Gasteiger partial charge >= 0.3 is 11.8 Å². The normalized spacial score (nSPS) is 11.7. The third-order valence-corrected chi connectivity index (χ3v) is 3.98. The minimum atomic E-state index is -1.11. The molecule has 0 saturated heterocycles. The zero-order valence-electron chi connectivity index (χ0n) is 15.0. The van der Waals surface area contributed by atoms with Crippen LogP contribution in [0, 0.1) is 10.1 Å². The summed E-state index contributed by atoms with van der Waals surface area (Å²) in [6.45, 7) is 1.76. The molecule has 1 heterocycles. The molecule has 0 aliphatic carbocycles. The van der Waals surface area contributed by atoms with Crippen LogP contribution in [0.5, 0.6) is 5.88 Å². The van der Waals surface area contributed by atoms with Gasteiger partial charge in [0.15, 0.2) is 0 Å². The minimum Gasteiger partial charge on any atom is -0.391 e. The highest BCUT2D eigenvalue weighted by atomic mass is 16.6. The predicted molar refractivity (Wildman–Crippen MR) is 99.6 cm³/mol. The zero-order valence-corrected chi connectivity index (χ0v) is 15.0. The lowest BCUT2D eigenvalue weighted by Crippen LogP contribution is -2.27. The lowest BCUT2D eigenvalue weighted by atomic mass is 10.1. The van der Waals surface area contributed by atoms with Crippen molar-refractivity contribution in [1.29, 1.82) is 0 Å². The number of aliphatic hydroxyl groups is 1. The second kappa shape index (κ2) is 8.32. The van der Waals surface area contributed by atoms with Crippen LogP contribution < -0.4 is 21.1 Å². The van der Waals surface area contributed by atoms with Crippen molar-refractivity contribution in [1.82, 2.24) is 4.98 Å². The molecule has 0 bridgehead atoms. The van der Waals surface area contributed by atoms with Gasteiger partial charge < -0.3 is 26.2 Å². The van der Waals surface area contributed by atoms with Crippen LogP contribution in [-0.2, 0) is 6.42 Å². The fourth-order valence-corrected chi connectivity index (χ4v) is 2.82. The van der Waals surface area contributed by atoms with E-state index in [1.807, 2.05) is 6.07 Å². The minimum absolute atomic E-state index is 0.0390. The maximum atomic E-state index is 11.6. The number of likely N-dealkylation sites (N-methyl/N-ethyl adjacent to an activating group) is 1. The first-order chi connectivity index (χ1) is 12.8. The summed E-state index contributed by atoms with van der Waals surface area (Å²) in [4.78, 5) is 27.4. The largest absolute Gasteiger partial charge is 0.411 e. The Labute approximate surface area is 155 Å². The van der Waals surface area contributed by atoms with Gasteiger partial charge in [0.2, 0.25) is 11.7 Å². The molecule has 1 aromatic heterocycles. The highest BCUT2D eigenvalue weighted by Gasteiger charge is 2.30. The second-order valence-electron chi connectivity index (χ2n) is 5.82. The van der Waals surface area contributed by atoms with E-state index in [0.29, 0.717) is 5.56 Å². The Kier molecular flexibility index (Phi) is 6.14. The predicted octanol–water partition coefficient (Wildman–Crippen LogP) is 1.76. The van der Waals surface area contributed by atoms with Crippen molar-refractivity contribution >= 4 is 23.3 Å². The number of nitrogens with two attached hydrogens (primary N) is 2. The molecule has 27 heavy (non-hydrogen) atoms. The second-order valence-corrected chi connectivity index (χ2v) is 5.82. The molecule has 0 saturated carbocycles. The standard InChI is InChI=1S/C17H21N5O5/c1-3-11-13(21(2)9-12(23)10-7-5-4-6-8-10)14(22(25)26)15(18)20-16(11)27-17(19)24/h4-8,12,23H,3,9H2,1-2H3,(H2,18,20)(H2,19,24). The monoisotopic (exact) mass is 375 g/mol. The molecule has 0 aliphatic heterocycles. The number of carbonyl (C=O) groups excluding carboxylic acids is 1. The Morgan fingerprint density at radius 2 is 2.04 bits per heavy atom. The molecular weight excluding hydrogens is 354 g/mol. The van der Waals surface area contributed by atoms with E-state index < -0.39 is 28.6 Å². The number of nitrogen functional groups attached to an aromatic ring is 1. The first kappa shape index (κ1) is 19.9. The number of benzene rings is 1. The zero-order chi connectivity index (χ0) is 20.1. The number of nitro groups is 1. The SMILES string of the molecule is CCc1c(OC(N)=O)nc(N)c([N+](=O)[O-])c1N(C)CC(O)c1ccccc1. The molecule has 1 unspecified atom stereocenters. The molecule has 1 amide bonds. The summed E-state index contributed by atoms with van der Waals surface area (Å²) >= 11 is 0. The van der Waals surface area contributed by atoms with Crippen molar-refractivity contribution in [2.75, 3.05) is 24.2 Å². The molecule has 5 N–H and O–H groups in total. The topological polar surface area (TPSA) is 158 Å². The van der Waals surface area contributed by atoms with E-state index in [1.54, 1.807) is 38.2 Å². The summed E-state index contributed by atoms with van der Waals surface area (Å²) in [5.41, 5.74) is 11.4. The van der Waals surface area contributed by atoms with Crippen LogP contribution in [0.2, 0.25) is 0 Å². The maximum Gasteiger partial charge on any atom is 0.411 e. The molecule has 2 rings (SSSR count). The lowest BCUT2D eigenvalue weighted by molar-refractivity contribution is -0.383. The molecular formula is C17H21N5O5. The van der Waals surface area contributed by atoms with Crippen molar-refractivity contribution in [3.8, 4) is 5.88 Å². The van der Waals surface area contributed by atoms with Crippen LogP contribution in [0.3, 0.4) is 0 Å². The number of aromatic nitrogens is 1. The van der Waals surface area contributed by atoms with E-state index >= 15 is 0 Å². The summed E-state index contributed by atoms with van der Waals surface area (Å²) in [6, 6.07) is 8.87. The van der Waals surface area contributed by atoms with Crippen LogP contribution in [0.15, 0.2) is 30.3 Å². The summed E-state index contributed by atoms with van der Waals surface area (Å²) in [5, 5.41) is 22.0. The number of hydrogen-bond donors (Lipinski definition) is 3. The number of amides is 1. The molecule has 1 aromatic carbocycles. The van der Waals surface area contributed by atoms with Gasteiger partial charge in [-0.25, -0.2) is 4.79 Å². The van der Waals surface area contributed by atoms with Crippen LogP contribution in [0.25, 0.3) is 0 Å². The number of aliphatic hydroxyl groups excluding tert-OH is 1. The maximum absolute atomic E-state index is 11.6. The Morgan fingerprint density at radius 1 is 1.41 bits per heavy atom. The van der Waals surface area contributed by atoms with Gasteiger partial charge in [-0.2, -0.15) is 4.98 Å². The number of rotatable bonds is 7. The first-order valence-electron chi connectivity index (χ1n) is 8.14. The van der Waals surface area contributed by atoms with Crippen molar-refractivity contribution in [3.05, 3.63) is 51.6 Å². The van der Waals surface area contributed by atoms with Crippen molar-refractivity contribution in [2.24, 2.45) is 5.73 Å². The average Bonchev–Trinajstić information content (AvgIpc) is 2.60. The van der Waals surface area contributed by atoms with Gasteiger partial charge in [0.05, 0.1) is 11.0 Å². The highest BCUT2D eigenvalue weighted by Crippen LogP contribution is 2.40. The number of nitrogens with zero attached hydrogens (tertiary/aromatic N) is 3. The first-order valence-corrected chi connectivity index (χ1v) is 8.14. The number of pyridine rings is 1. The Hall–Kier alpha value is -3.40. The fourth-order valence-electron chi connectivity index (χ4n) is 2.82. The van der Waals surface area contributed by atoms with Crippen LogP contribution in [0.4, 0.5) is 22.0 Å². The van der Waals surface area contributed by atoms with Crippen LogP contribution >= 0.6 is 0 Å². The van der Waals surface area contributed by atoms with E-state index in [4.69, 9.17) is 16.2 Å². The van der Waals surface area contributed by atoms with Gasteiger partial charge in [-0.05, 0) is 12.0 Å². The number of anilines is 2. The Bertz CT molecular complexity index is 843. The molecule has 2 aromatic rings. The van der Waals surface area contributed by atoms with Gasteiger partial charge in [-0.3, -0.25) is 10.1 Å². The molecule has 10 nitrogen and oxygen atoms in total. The van der Waals surface area contributed by atoms with Gasteiger partial charge in [0.1, 0.15) is 5.69 Å².